The fourth-order valence-corrected chi connectivity index (χ4v) is 4.26. The van der Waals surface area contributed by atoms with Crippen molar-refractivity contribution in [2.75, 3.05) is 30.2 Å². The van der Waals surface area contributed by atoms with E-state index in [-0.39, 0.29) is 6.54 Å². The molecule has 1 amide bonds. The number of likely N-dealkylation sites (tertiary alicyclic amines) is 1. The molecule has 1 aliphatic heterocycles. The number of carbonyl (C=O) groups is 1. The predicted molar refractivity (Wildman–Crippen MR) is 120 cm³/mol. The fourth-order valence-electron chi connectivity index (χ4n) is 3.41. The van der Waals surface area contributed by atoms with Crippen LogP contribution in [0.2, 0.25) is 0 Å². The van der Waals surface area contributed by atoms with E-state index in [9.17, 15) is 13.2 Å². The summed E-state index contributed by atoms with van der Waals surface area (Å²) < 4.78 is 25.4. The van der Waals surface area contributed by atoms with Crippen LogP contribution in [0.4, 0.5) is 5.69 Å². The van der Waals surface area contributed by atoms with Crippen molar-refractivity contribution in [2.24, 2.45) is 5.10 Å². The molecule has 8 heteroatoms. The Morgan fingerprint density at radius 2 is 1.80 bits per heavy atom. The van der Waals surface area contributed by atoms with Crippen LogP contribution in [0, 0.1) is 6.92 Å². The zero-order valence-corrected chi connectivity index (χ0v) is 18.2. The lowest BCUT2D eigenvalue weighted by molar-refractivity contribution is -0.119. The van der Waals surface area contributed by atoms with Crippen LogP contribution in [0.25, 0.3) is 0 Å². The van der Waals surface area contributed by atoms with Crippen molar-refractivity contribution in [1.29, 1.82) is 0 Å². The summed E-state index contributed by atoms with van der Waals surface area (Å²) in [7, 11) is -3.59. The summed E-state index contributed by atoms with van der Waals surface area (Å²) in [6, 6.07) is 17.4. The molecule has 0 atom stereocenters. The first-order valence-electron chi connectivity index (χ1n) is 9.96. The lowest BCUT2D eigenvalue weighted by Crippen LogP contribution is -2.40. The zero-order valence-electron chi connectivity index (χ0n) is 17.4. The standard InChI is InChI=1S/C22H28N4O3S/c1-18-7-6-10-21(15-18)26(30(2,28)29)17-22(27)24-23-20-11-13-25(14-12-20)16-19-8-4-3-5-9-19/h3-10,15H,11-14,16-17H2,1-2H3,(H,24,27). The molecule has 0 radical (unpaired) electrons. The monoisotopic (exact) mass is 428 g/mol. The van der Waals surface area contributed by atoms with Gasteiger partial charge in [-0.05, 0) is 30.2 Å². The highest BCUT2D eigenvalue weighted by Gasteiger charge is 2.21. The van der Waals surface area contributed by atoms with Crippen LogP contribution in [-0.2, 0) is 21.4 Å². The van der Waals surface area contributed by atoms with Crippen LogP contribution in [0.3, 0.4) is 0 Å². The number of piperidine rings is 1. The first-order chi connectivity index (χ1) is 14.3. The lowest BCUT2D eigenvalue weighted by Gasteiger charge is -2.27. The van der Waals surface area contributed by atoms with Crippen LogP contribution in [0.15, 0.2) is 59.7 Å². The summed E-state index contributed by atoms with van der Waals surface area (Å²) in [5.74, 6) is -0.457. The molecule has 7 nitrogen and oxygen atoms in total. The second kappa shape index (κ2) is 9.86. The molecule has 1 fully saturated rings. The molecule has 0 unspecified atom stereocenters. The number of sulfonamides is 1. The molecule has 0 bridgehead atoms. The smallest absolute Gasteiger partial charge is 0.260 e. The molecule has 160 valence electrons. The molecule has 1 saturated heterocycles. The fraction of sp³-hybridized carbons (Fsp3) is 0.364. The van der Waals surface area contributed by atoms with E-state index in [1.807, 2.05) is 31.2 Å². The average Bonchev–Trinajstić information content (AvgIpc) is 2.71. The van der Waals surface area contributed by atoms with Crippen molar-refractivity contribution in [3.63, 3.8) is 0 Å². The number of aryl methyl sites for hydroxylation is 1. The number of benzene rings is 2. The van der Waals surface area contributed by atoms with Gasteiger partial charge in [-0.15, -0.1) is 0 Å². The summed E-state index contributed by atoms with van der Waals surface area (Å²) in [5, 5.41) is 4.24. The molecular formula is C22H28N4O3S. The number of anilines is 1. The SMILES string of the molecule is Cc1cccc(N(CC(=O)NN=C2CCN(Cc3ccccc3)CC2)S(C)(=O)=O)c1. The normalized spacial score (nSPS) is 14.9. The van der Waals surface area contributed by atoms with Gasteiger partial charge in [0.15, 0.2) is 0 Å². The van der Waals surface area contributed by atoms with Gasteiger partial charge in [-0.25, -0.2) is 13.8 Å². The molecule has 0 saturated carbocycles. The molecule has 0 aliphatic carbocycles. The van der Waals surface area contributed by atoms with Gasteiger partial charge in [-0.2, -0.15) is 5.10 Å². The minimum absolute atomic E-state index is 0.306. The van der Waals surface area contributed by atoms with Gasteiger partial charge in [0.2, 0.25) is 10.0 Å². The third-order valence-electron chi connectivity index (χ3n) is 5.00. The van der Waals surface area contributed by atoms with E-state index in [4.69, 9.17) is 0 Å². The molecule has 1 heterocycles. The first-order valence-corrected chi connectivity index (χ1v) is 11.8. The second-order valence-electron chi connectivity index (χ2n) is 7.58. The number of nitrogens with one attached hydrogen (secondary N) is 1. The van der Waals surface area contributed by atoms with Crippen LogP contribution in [0.1, 0.15) is 24.0 Å². The Morgan fingerprint density at radius 1 is 1.10 bits per heavy atom. The average molecular weight is 429 g/mol. The van der Waals surface area contributed by atoms with E-state index in [1.165, 1.54) is 5.56 Å². The maximum absolute atomic E-state index is 12.4. The Labute approximate surface area is 178 Å². The number of nitrogens with zero attached hydrogens (tertiary/aromatic N) is 3. The van der Waals surface area contributed by atoms with Crippen LogP contribution in [0.5, 0.6) is 0 Å². The molecule has 30 heavy (non-hydrogen) atoms. The van der Waals surface area contributed by atoms with Gasteiger partial charge in [0.25, 0.3) is 5.91 Å². The van der Waals surface area contributed by atoms with Crippen LogP contribution >= 0.6 is 0 Å². The van der Waals surface area contributed by atoms with Gasteiger partial charge >= 0.3 is 0 Å². The maximum atomic E-state index is 12.4. The molecule has 0 aromatic heterocycles. The third-order valence-corrected chi connectivity index (χ3v) is 6.14. The molecule has 3 rings (SSSR count). The quantitative estimate of drug-likeness (QED) is 0.687. The number of carbonyl (C=O) groups excluding carboxylic acids is 1. The number of rotatable bonds is 7. The van der Waals surface area contributed by atoms with E-state index in [2.05, 4.69) is 27.6 Å². The summed E-state index contributed by atoms with van der Waals surface area (Å²) in [5.41, 5.74) is 6.12. The predicted octanol–water partition coefficient (Wildman–Crippen LogP) is 2.53. The number of hydrazone groups is 1. The highest BCUT2D eigenvalue weighted by molar-refractivity contribution is 7.92. The second-order valence-corrected chi connectivity index (χ2v) is 9.49. The summed E-state index contributed by atoms with van der Waals surface area (Å²) >= 11 is 0. The highest BCUT2D eigenvalue weighted by atomic mass is 32.2. The van der Waals surface area contributed by atoms with Crippen molar-refractivity contribution >= 4 is 27.3 Å². The molecule has 2 aromatic carbocycles. The van der Waals surface area contributed by atoms with Gasteiger partial charge in [-0.1, -0.05) is 42.5 Å². The maximum Gasteiger partial charge on any atom is 0.260 e. The number of hydrogen-bond donors (Lipinski definition) is 1. The Kier molecular flexibility index (Phi) is 7.23. The summed E-state index contributed by atoms with van der Waals surface area (Å²) in [6.45, 7) is 4.23. The first kappa shape index (κ1) is 22.0. The third kappa shape index (κ3) is 6.40. The van der Waals surface area contributed by atoms with E-state index in [1.54, 1.807) is 18.2 Å². The highest BCUT2D eigenvalue weighted by Crippen LogP contribution is 2.18. The molecular weight excluding hydrogens is 400 g/mol. The number of amides is 1. The van der Waals surface area contributed by atoms with Gasteiger partial charge in [-0.3, -0.25) is 14.0 Å². The van der Waals surface area contributed by atoms with Crippen molar-refractivity contribution in [3.8, 4) is 0 Å². The Bertz CT molecular complexity index is 996. The topological polar surface area (TPSA) is 82.1 Å². The van der Waals surface area contributed by atoms with Gasteiger partial charge in [0.05, 0.1) is 11.9 Å². The zero-order chi connectivity index (χ0) is 21.6. The molecule has 1 aliphatic rings. The van der Waals surface area contributed by atoms with Crippen LogP contribution in [-0.4, -0.2) is 50.8 Å². The van der Waals surface area contributed by atoms with Crippen molar-refractivity contribution < 1.29 is 13.2 Å². The van der Waals surface area contributed by atoms with Gasteiger partial charge < -0.3 is 0 Å². The van der Waals surface area contributed by atoms with Gasteiger partial charge in [0.1, 0.15) is 6.54 Å². The summed E-state index contributed by atoms with van der Waals surface area (Å²) in [4.78, 5) is 14.7. The van der Waals surface area contributed by atoms with Crippen molar-refractivity contribution in [1.82, 2.24) is 10.3 Å². The number of hydrogen-bond acceptors (Lipinski definition) is 5. The van der Waals surface area contributed by atoms with E-state index < -0.39 is 15.9 Å². The Balaban J connectivity index is 1.53. The van der Waals surface area contributed by atoms with Crippen LogP contribution < -0.4 is 9.73 Å². The van der Waals surface area contributed by atoms with Crippen molar-refractivity contribution in [2.45, 2.75) is 26.3 Å². The van der Waals surface area contributed by atoms with Gasteiger partial charge in [0, 0.05) is 38.2 Å². The van der Waals surface area contributed by atoms with Crippen molar-refractivity contribution in [3.05, 3.63) is 65.7 Å². The minimum Gasteiger partial charge on any atom is -0.298 e. The molecule has 1 N–H and O–H groups in total. The molecule has 0 spiro atoms. The van der Waals surface area contributed by atoms with E-state index >= 15 is 0 Å². The lowest BCUT2D eigenvalue weighted by atomic mass is 10.1. The van der Waals surface area contributed by atoms with E-state index in [0.717, 1.165) is 54.3 Å². The largest absolute Gasteiger partial charge is 0.298 e. The minimum atomic E-state index is -3.59. The summed E-state index contributed by atoms with van der Waals surface area (Å²) in [6.07, 6.45) is 2.65. The molecule has 2 aromatic rings. The Hall–Kier alpha value is -2.71. The van der Waals surface area contributed by atoms with E-state index in [0.29, 0.717) is 5.69 Å². The Morgan fingerprint density at radius 3 is 2.43 bits per heavy atom.